The zero-order chi connectivity index (χ0) is 14.7. The van der Waals surface area contributed by atoms with Crippen molar-refractivity contribution in [2.24, 2.45) is 5.73 Å². The molecular formula is C16H18ClFN2. The maximum absolute atomic E-state index is 13.6. The van der Waals surface area contributed by atoms with Gasteiger partial charge >= 0.3 is 0 Å². The minimum atomic E-state index is -0.416. The molecule has 0 bridgehead atoms. The number of anilines is 1. The third-order valence-electron chi connectivity index (χ3n) is 3.43. The molecule has 0 aliphatic carbocycles. The van der Waals surface area contributed by atoms with Crippen molar-refractivity contribution < 1.29 is 4.39 Å². The van der Waals surface area contributed by atoms with Gasteiger partial charge in [0.1, 0.15) is 5.82 Å². The van der Waals surface area contributed by atoms with Crippen LogP contribution < -0.4 is 10.6 Å². The van der Waals surface area contributed by atoms with E-state index in [0.29, 0.717) is 6.54 Å². The Bertz CT molecular complexity index is 601. The van der Waals surface area contributed by atoms with Gasteiger partial charge in [0.2, 0.25) is 0 Å². The molecule has 0 fully saturated rings. The van der Waals surface area contributed by atoms with Crippen LogP contribution in [0, 0.1) is 12.7 Å². The molecule has 2 nitrogen and oxygen atoms in total. The Hall–Kier alpha value is -1.58. The van der Waals surface area contributed by atoms with Gasteiger partial charge in [-0.25, -0.2) is 4.39 Å². The van der Waals surface area contributed by atoms with Crippen LogP contribution in [0.4, 0.5) is 10.1 Å². The molecule has 0 aliphatic heterocycles. The molecule has 2 rings (SSSR count). The molecule has 20 heavy (non-hydrogen) atoms. The van der Waals surface area contributed by atoms with Gasteiger partial charge in [0, 0.05) is 19.3 Å². The smallest absolute Gasteiger partial charge is 0.142 e. The summed E-state index contributed by atoms with van der Waals surface area (Å²) >= 11 is 5.73. The highest BCUT2D eigenvalue weighted by atomic mass is 35.5. The average molecular weight is 293 g/mol. The van der Waals surface area contributed by atoms with Crippen LogP contribution in [-0.4, -0.2) is 13.6 Å². The molecular weight excluding hydrogens is 275 g/mol. The number of nitrogens with two attached hydrogens (primary N) is 1. The first kappa shape index (κ1) is 14.8. The van der Waals surface area contributed by atoms with E-state index in [1.807, 2.05) is 38.2 Å². The lowest BCUT2D eigenvalue weighted by Crippen LogP contribution is -2.30. The van der Waals surface area contributed by atoms with Crippen molar-refractivity contribution in [3.05, 3.63) is 64.4 Å². The summed E-state index contributed by atoms with van der Waals surface area (Å²) in [5.74, 6) is -0.416. The first-order valence-electron chi connectivity index (χ1n) is 6.47. The van der Waals surface area contributed by atoms with Crippen LogP contribution in [-0.2, 0) is 0 Å². The van der Waals surface area contributed by atoms with E-state index in [2.05, 4.69) is 11.0 Å². The van der Waals surface area contributed by atoms with Gasteiger partial charge in [0.25, 0.3) is 0 Å². The molecule has 4 heteroatoms. The molecule has 0 spiro atoms. The molecule has 2 N–H and O–H groups in total. The standard InChI is InChI=1S/C16H18ClFN2/c1-11-4-3-5-13(8-11)20(2)16(10-19)12-6-7-14(17)15(18)9-12/h3-9,16H,10,19H2,1-2H3. The average Bonchev–Trinajstić information content (AvgIpc) is 2.43. The van der Waals surface area contributed by atoms with Crippen LogP contribution >= 0.6 is 11.6 Å². The van der Waals surface area contributed by atoms with Gasteiger partial charge < -0.3 is 10.6 Å². The van der Waals surface area contributed by atoms with E-state index in [1.54, 1.807) is 6.07 Å². The summed E-state index contributed by atoms with van der Waals surface area (Å²) in [4.78, 5) is 2.05. The molecule has 0 saturated carbocycles. The van der Waals surface area contributed by atoms with Crippen LogP contribution in [0.1, 0.15) is 17.2 Å². The van der Waals surface area contributed by atoms with Crippen LogP contribution in [0.3, 0.4) is 0 Å². The molecule has 106 valence electrons. The first-order valence-corrected chi connectivity index (χ1v) is 6.85. The number of rotatable bonds is 4. The summed E-state index contributed by atoms with van der Waals surface area (Å²) in [6, 6.07) is 12.9. The van der Waals surface area contributed by atoms with E-state index in [4.69, 9.17) is 17.3 Å². The molecule has 1 unspecified atom stereocenters. The maximum atomic E-state index is 13.6. The van der Waals surface area contributed by atoms with Gasteiger partial charge in [-0.1, -0.05) is 29.8 Å². The summed E-state index contributed by atoms with van der Waals surface area (Å²) < 4.78 is 13.6. The molecule has 0 heterocycles. The molecule has 0 saturated heterocycles. The second-order valence-corrected chi connectivity index (χ2v) is 5.28. The van der Waals surface area contributed by atoms with Crippen molar-refractivity contribution in [1.29, 1.82) is 0 Å². The minimum absolute atomic E-state index is 0.0939. The monoisotopic (exact) mass is 292 g/mol. The third kappa shape index (κ3) is 3.11. The number of likely N-dealkylation sites (N-methyl/N-ethyl adjacent to an activating group) is 1. The fourth-order valence-electron chi connectivity index (χ4n) is 2.26. The van der Waals surface area contributed by atoms with Crippen molar-refractivity contribution in [3.8, 4) is 0 Å². The number of hydrogen-bond acceptors (Lipinski definition) is 2. The Kier molecular flexibility index (Phi) is 4.63. The maximum Gasteiger partial charge on any atom is 0.142 e. The van der Waals surface area contributed by atoms with Gasteiger partial charge in [-0.2, -0.15) is 0 Å². The van der Waals surface area contributed by atoms with Crippen LogP contribution in [0.2, 0.25) is 5.02 Å². The van der Waals surface area contributed by atoms with Crippen molar-refractivity contribution in [3.63, 3.8) is 0 Å². The van der Waals surface area contributed by atoms with E-state index in [0.717, 1.165) is 11.3 Å². The topological polar surface area (TPSA) is 29.3 Å². The number of benzene rings is 2. The Morgan fingerprint density at radius 3 is 2.60 bits per heavy atom. The lowest BCUT2D eigenvalue weighted by Gasteiger charge is -2.30. The summed E-state index contributed by atoms with van der Waals surface area (Å²) in [5.41, 5.74) is 8.92. The predicted octanol–water partition coefficient (Wildman–Crippen LogP) is 3.92. The summed E-state index contributed by atoms with van der Waals surface area (Å²) in [7, 11) is 1.96. The van der Waals surface area contributed by atoms with E-state index < -0.39 is 5.82 Å². The number of aryl methyl sites for hydroxylation is 1. The van der Waals surface area contributed by atoms with E-state index >= 15 is 0 Å². The predicted molar refractivity (Wildman–Crippen MR) is 82.8 cm³/mol. The molecule has 2 aromatic carbocycles. The third-order valence-corrected chi connectivity index (χ3v) is 3.73. The Morgan fingerprint density at radius 2 is 2.00 bits per heavy atom. The zero-order valence-electron chi connectivity index (χ0n) is 11.6. The fraction of sp³-hybridized carbons (Fsp3) is 0.250. The number of nitrogens with zero attached hydrogens (tertiary/aromatic N) is 1. The fourth-order valence-corrected chi connectivity index (χ4v) is 2.38. The second kappa shape index (κ2) is 6.25. The Labute approximate surface area is 124 Å². The summed E-state index contributed by atoms with van der Waals surface area (Å²) in [6.45, 7) is 2.43. The molecule has 1 atom stereocenters. The molecule has 0 aromatic heterocycles. The quantitative estimate of drug-likeness (QED) is 0.925. The van der Waals surface area contributed by atoms with Gasteiger partial charge in [-0.05, 0) is 42.3 Å². The Morgan fingerprint density at radius 1 is 1.25 bits per heavy atom. The van der Waals surface area contributed by atoms with E-state index in [1.165, 1.54) is 11.6 Å². The van der Waals surface area contributed by atoms with Gasteiger partial charge in [-0.3, -0.25) is 0 Å². The van der Waals surface area contributed by atoms with Crippen molar-refractivity contribution >= 4 is 17.3 Å². The normalized spacial score (nSPS) is 12.2. The van der Waals surface area contributed by atoms with Gasteiger partial charge in [-0.15, -0.1) is 0 Å². The molecule has 0 radical (unpaired) electrons. The number of hydrogen-bond donors (Lipinski definition) is 1. The highest BCUT2D eigenvalue weighted by molar-refractivity contribution is 6.30. The highest BCUT2D eigenvalue weighted by Crippen LogP contribution is 2.27. The lowest BCUT2D eigenvalue weighted by atomic mass is 10.0. The van der Waals surface area contributed by atoms with Crippen molar-refractivity contribution in [2.75, 3.05) is 18.5 Å². The zero-order valence-corrected chi connectivity index (χ0v) is 12.4. The van der Waals surface area contributed by atoms with Gasteiger partial charge in [0.05, 0.1) is 11.1 Å². The Balaban J connectivity index is 2.33. The SMILES string of the molecule is Cc1cccc(N(C)C(CN)c2ccc(Cl)c(F)c2)c1. The second-order valence-electron chi connectivity index (χ2n) is 4.87. The molecule has 0 aliphatic rings. The van der Waals surface area contributed by atoms with Crippen molar-refractivity contribution in [1.82, 2.24) is 0 Å². The van der Waals surface area contributed by atoms with Crippen LogP contribution in [0.25, 0.3) is 0 Å². The van der Waals surface area contributed by atoms with Crippen LogP contribution in [0.5, 0.6) is 0 Å². The first-order chi connectivity index (χ1) is 9.52. The molecule has 2 aromatic rings. The molecule has 0 amide bonds. The van der Waals surface area contributed by atoms with Crippen LogP contribution in [0.15, 0.2) is 42.5 Å². The number of halogens is 2. The summed E-state index contributed by atoms with van der Waals surface area (Å²) in [5, 5.41) is 0.128. The van der Waals surface area contributed by atoms with Crippen molar-refractivity contribution in [2.45, 2.75) is 13.0 Å². The van der Waals surface area contributed by atoms with E-state index in [-0.39, 0.29) is 11.1 Å². The largest absolute Gasteiger partial charge is 0.366 e. The van der Waals surface area contributed by atoms with Gasteiger partial charge in [0.15, 0.2) is 0 Å². The minimum Gasteiger partial charge on any atom is -0.366 e. The highest BCUT2D eigenvalue weighted by Gasteiger charge is 2.17. The summed E-state index contributed by atoms with van der Waals surface area (Å²) in [6.07, 6.45) is 0. The van der Waals surface area contributed by atoms with E-state index in [9.17, 15) is 4.39 Å². The lowest BCUT2D eigenvalue weighted by molar-refractivity contribution is 0.615.